The van der Waals surface area contributed by atoms with E-state index in [0.717, 1.165) is 0 Å². The first kappa shape index (κ1) is 28.7. The van der Waals surface area contributed by atoms with Crippen molar-refractivity contribution in [2.24, 2.45) is 5.92 Å². The fourth-order valence-electron chi connectivity index (χ4n) is 3.45. The highest BCUT2D eigenvalue weighted by atomic mass is 35.5. The lowest BCUT2D eigenvalue weighted by Gasteiger charge is -2.29. The van der Waals surface area contributed by atoms with Gasteiger partial charge in [-0.3, -0.25) is 19.2 Å². The number of amides is 4. The van der Waals surface area contributed by atoms with Crippen molar-refractivity contribution < 1.29 is 28.7 Å². The summed E-state index contributed by atoms with van der Waals surface area (Å²) >= 11 is 5.62. The second-order valence-electron chi connectivity index (χ2n) is 9.62. The Morgan fingerprint density at radius 2 is 1.61 bits per heavy atom. The SMILES string of the molecule is CC(C)[C@H](NC(=O)[C@H](C)NC(=O)[C@H]1CCCN1C(=O)[C@@H](C)NC(=O)OC(C)(C)C)C(=O)CCl. The van der Waals surface area contributed by atoms with Gasteiger partial charge in [-0.25, -0.2) is 4.79 Å². The highest BCUT2D eigenvalue weighted by molar-refractivity contribution is 6.28. The van der Waals surface area contributed by atoms with Crippen LogP contribution in [0.15, 0.2) is 0 Å². The highest BCUT2D eigenvalue weighted by Gasteiger charge is 2.37. The van der Waals surface area contributed by atoms with Crippen molar-refractivity contribution in [2.45, 2.75) is 91.1 Å². The van der Waals surface area contributed by atoms with Gasteiger partial charge in [0.25, 0.3) is 0 Å². The minimum atomic E-state index is -0.920. The fourth-order valence-corrected chi connectivity index (χ4v) is 3.62. The monoisotopic (exact) mass is 488 g/mol. The Bertz CT molecular complexity index is 752. The highest BCUT2D eigenvalue weighted by Crippen LogP contribution is 2.19. The largest absolute Gasteiger partial charge is 0.444 e. The third kappa shape index (κ3) is 8.83. The second kappa shape index (κ2) is 12.2. The van der Waals surface area contributed by atoms with E-state index in [-0.39, 0.29) is 17.6 Å². The molecule has 33 heavy (non-hydrogen) atoms. The van der Waals surface area contributed by atoms with Crippen LogP contribution in [0, 0.1) is 5.92 Å². The molecule has 0 spiro atoms. The maximum Gasteiger partial charge on any atom is 0.408 e. The van der Waals surface area contributed by atoms with Crippen LogP contribution in [0.1, 0.15) is 61.3 Å². The Morgan fingerprint density at radius 3 is 2.12 bits per heavy atom. The maximum absolute atomic E-state index is 12.9. The molecule has 1 saturated heterocycles. The molecule has 10 nitrogen and oxygen atoms in total. The smallest absolute Gasteiger partial charge is 0.408 e. The number of alkyl halides is 1. The molecular formula is C22H37ClN4O6. The number of nitrogens with one attached hydrogen (secondary N) is 3. The number of alkyl carbamates (subject to hydrolysis) is 1. The molecule has 1 aliphatic rings. The average molecular weight is 489 g/mol. The van der Waals surface area contributed by atoms with Gasteiger partial charge in [0.2, 0.25) is 17.7 Å². The summed E-state index contributed by atoms with van der Waals surface area (Å²) in [5, 5.41) is 7.73. The standard InChI is InChI=1S/C22H37ClN4O6/c1-12(2)17(16(28)11-23)26-18(29)13(3)24-19(30)15-9-8-10-27(15)20(31)14(4)25-21(32)33-22(5,6)7/h12-15,17H,8-11H2,1-7H3,(H,24,30)(H,25,32)(H,26,29)/t13-,14+,15+,17-/m0/s1. The van der Waals surface area contributed by atoms with Crippen molar-refractivity contribution in [3.8, 4) is 0 Å². The van der Waals surface area contributed by atoms with Crippen LogP contribution in [-0.4, -0.2) is 76.7 Å². The molecule has 0 bridgehead atoms. The molecule has 188 valence electrons. The molecule has 0 saturated carbocycles. The van der Waals surface area contributed by atoms with E-state index in [9.17, 15) is 24.0 Å². The van der Waals surface area contributed by atoms with Crippen LogP contribution in [0.2, 0.25) is 0 Å². The van der Waals surface area contributed by atoms with Crippen LogP contribution >= 0.6 is 11.6 Å². The van der Waals surface area contributed by atoms with E-state index < -0.39 is 53.6 Å². The van der Waals surface area contributed by atoms with Gasteiger partial charge in [0, 0.05) is 6.54 Å². The van der Waals surface area contributed by atoms with E-state index in [1.807, 2.05) is 0 Å². The van der Waals surface area contributed by atoms with Gasteiger partial charge >= 0.3 is 6.09 Å². The van der Waals surface area contributed by atoms with Crippen molar-refractivity contribution in [3.05, 3.63) is 0 Å². The Kier molecular flexibility index (Phi) is 10.6. The van der Waals surface area contributed by atoms with E-state index in [1.165, 1.54) is 18.7 Å². The molecule has 3 N–H and O–H groups in total. The minimum Gasteiger partial charge on any atom is -0.444 e. The Labute approximate surface area is 200 Å². The number of likely N-dealkylation sites (tertiary alicyclic amines) is 1. The quantitative estimate of drug-likeness (QED) is 0.419. The van der Waals surface area contributed by atoms with Crippen molar-refractivity contribution in [2.75, 3.05) is 12.4 Å². The molecule has 1 aliphatic heterocycles. The van der Waals surface area contributed by atoms with Gasteiger partial charge in [-0.15, -0.1) is 11.6 Å². The predicted octanol–water partition coefficient (Wildman–Crippen LogP) is 1.34. The number of hydrogen-bond donors (Lipinski definition) is 3. The summed E-state index contributed by atoms with van der Waals surface area (Å²) in [4.78, 5) is 63.5. The number of Topliss-reactive ketones (excluding diaryl/α,β-unsaturated/α-hetero) is 1. The number of ether oxygens (including phenoxy) is 1. The number of ketones is 1. The summed E-state index contributed by atoms with van der Waals surface area (Å²) in [5.74, 6) is -2.10. The molecule has 0 aromatic carbocycles. The van der Waals surface area contributed by atoms with Gasteiger partial charge < -0.3 is 25.6 Å². The van der Waals surface area contributed by atoms with Crippen molar-refractivity contribution in [1.29, 1.82) is 0 Å². The third-order valence-corrected chi connectivity index (χ3v) is 5.40. The molecule has 1 fully saturated rings. The lowest BCUT2D eigenvalue weighted by molar-refractivity contribution is -0.140. The van der Waals surface area contributed by atoms with Gasteiger partial charge in [-0.05, 0) is 53.4 Å². The molecule has 1 heterocycles. The average Bonchev–Trinajstić information content (AvgIpc) is 3.18. The zero-order valence-electron chi connectivity index (χ0n) is 20.5. The Morgan fingerprint density at radius 1 is 1.00 bits per heavy atom. The summed E-state index contributed by atoms with van der Waals surface area (Å²) in [7, 11) is 0. The molecular weight excluding hydrogens is 452 g/mol. The fraction of sp³-hybridized carbons (Fsp3) is 0.773. The summed E-state index contributed by atoms with van der Waals surface area (Å²) in [5.41, 5.74) is -0.706. The number of carbonyl (C=O) groups excluding carboxylic acids is 5. The number of halogens is 1. The van der Waals surface area contributed by atoms with E-state index >= 15 is 0 Å². The maximum atomic E-state index is 12.9. The van der Waals surface area contributed by atoms with Crippen molar-refractivity contribution >= 4 is 41.2 Å². The first-order valence-corrected chi connectivity index (χ1v) is 11.7. The van der Waals surface area contributed by atoms with E-state index in [0.29, 0.717) is 19.4 Å². The lowest BCUT2D eigenvalue weighted by Crippen LogP contribution is -2.56. The second-order valence-corrected chi connectivity index (χ2v) is 9.89. The van der Waals surface area contributed by atoms with Crippen LogP contribution < -0.4 is 16.0 Å². The van der Waals surface area contributed by atoms with Crippen LogP contribution in [0.5, 0.6) is 0 Å². The Hall–Kier alpha value is -2.36. The zero-order valence-corrected chi connectivity index (χ0v) is 21.2. The molecule has 0 unspecified atom stereocenters. The van der Waals surface area contributed by atoms with Gasteiger partial charge in [-0.1, -0.05) is 13.8 Å². The predicted molar refractivity (Wildman–Crippen MR) is 124 cm³/mol. The molecule has 0 aromatic heterocycles. The van der Waals surface area contributed by atoms with E-state index in [2.05, 4.69) is 16.0 Å². The first-order chi connectivity index (χ1) is 15.2. The van der Waals surface area contributed by atoms with Crippen LogP contribution in [0.3, 0.4) is 0 Å². The van der Waals surface area contributed by atoms with Gasteiger partial charge in [0.05, 0.1) is 11.9 Å². The Balaban J connectivity index is 2.73. The number of carbonyl (C=O) groups is 5. The molecule has 0 radical (unpaired) electrons. The van der Waals surface area contributed by atoms with E-state index in [1.54, 1.807) is 34.6 Å². The minimum absolute atomic E-state index is 0.162. The van der Waals surface area contributed by atoms with Gasteiger partial charge in [0.1, 0.15) is 23.7 Å². The number of rotatable bonds is 9. The van der Waals surface area contributed by atoms with Crippen LogP contribution in [-0.2, 0) is 23.9 Å². The molecule has 0 aliphatic carbocycles. The van der Waals surface area contributed by atoms with Gasteiger partial charge in [0.15, 0.2) is 5.78 Å². The molecule has 11 heteroatoms. The van der Waals surface area contributed by atoms with Crippen molar-refractivity contribution in [1.82, 2.24) is 20.9 Å². The first-order valence-electron chi connectivity index (χ1n) is 11.2. The van der Waals surface area contributed by atoms with Crippen LogP contribution in [0.4, 0.5) is 4.79 Å². The summed E-state index contributed by atoms with van der Waals surface area (Å²) < 4.78 is 5.17. The van der Waals surface area contributed by atoms with Crippen LogP contribution in [0.25, 0.3) is 0 Å². The van der Waals surface area contributed by atoms with E-state index in [4.69, 9.17) is 16.3 Å². The lowest BCUT2D eigenvalue weighted by atomic mass is 10.0. The third-order valence-electron chi connectivity index (χ3n) is 5.14. The molecule has 0 aromatic rings. The number of nitrogens with zero attached hydrogens (tertiary/aromatic N) is 1. The van der Waals surface area contributed by atoms with Gasteiger partial charge in [-0.2, -0.15) is 0 Å². The molecule has 4 amide bonds. The summed E-state index contributed by atoms with van der Waals surface area (Å²) in [6.07, 6.45) is 0.327. The van der Waals surface area contributed by atoms with Crippen molar-refractivity contribution in [3.63, 3.8) is 0 Å². The topological polar surface area (TPSA) is 134 Å². The zero-order chi connectivity index (χ0) is 25.5. The molecule has 1 rings (SSSR count). The summed E-state index contributed by atoms with van der Waals surface area (Å²) in [6.45, 7) is 12.1. The normalized spacial score (nSPS) is 18.8. The number of hydrogen-bond acceptors (Lipinski definition) is 6. The summed E-state index contributed by atoms with van der Waals surface area (Å²) in [6, 6.07) is -3.32. The molecule has 4 atom stereocenters.